The minimum Gasteiger partial charge on any atom is -0.477 e. The molecule has 0 fully saturated rings. The van der Waals surface area contributed by atoms with Crippen LogP contribution < -0.4 is 0 Å². The van der Waals surface area contributed by atoms with Gasteiger partial charge in [0.1, 0.15) is 11.3 Å². The molecular formula is C14H15FN2O. The zero-order valence-corrected chi connectivity index (χ0v) is 10.5. The van der Waals surface area contributed by atoms with Crippen molar-refractivity contribution in [3.63, 3.8) is 0 Å². The summed E-state index contributed by atoms with van der Waals surface area (Å²) < 4.78 is 19.0. The van der Waals surface area contributed by atoms with Gasteiger partial charge in [0.25, 0.3) is 0 Å². The van der Waals surface area contributed by atoms with Crippen molar-refractivity contribution in [2.24, 2.45) is 4.99 Å². The molecule has 1 aromatic heterocycles. The molecule has 18 heavy (non-hydrogen) atoms. The van der Waals surface area contributed by atoms with Crippen LogP contribution in [0.1, 0.15) is 18.9 Å². The molecule has 3 nitrogen and oxygen atoms in total. The van der Waals surface area contributed by atoms with Gasteiger partial charge in [0, 0.05) is 18.6 Å². The molecule has 2 rings (SSSR count). The van der Waals surface area contributed by atoms with E-state index in [2.05, 4.69) is 9.98 Å². The monoisotopic (exact) mass is 246 g/mol. The Kier molecular flexibility index (Phi) is 3.87. The van der Waals surface area contributed by atoms with Crippen LogP contribution in [-0.4, -0.2) is 24.5 Å². The van der Waals surface area contributed by atoms with Gasteiger partial charge < -0.3 is 4.74 Å². The quantitative estimate of drug-likeness (QED) is 0.615. The second-order valence-corrected chi connectivity index (χ2v) is 3.91. The standard InChI is InChI=1S/C14H15FN2O/c1-3-7-18-14(16-2)11-8-10-5-4-6-12(15)13(10)17-9-11/h4-6,8-9H,3,7H2,1-2H3. The van der Waals surface area contributed by atoms with E-state index < -0.39 is 0 Å². The van der Waals surface area contributed by atoms with Gasteiger partial charge in [0.15, 0.2) is 0 Å². The highest BCUT2D eigenvalue weighted by atomic mass is 19.1. The van der Waals surface area contributed by atoms with Gasteiger partial charge >= 0.3 is 0 Å². The molecule has 0 amide bonds. The van der Waals surface area contributed by atoms with E-state index in [1.807, 2.05) is 19.1 Å². The fourth-order valence-electron chi connectivity index (χ4n) is 1.72. The van der Waals surface area contributed by atoms with Crippen LogP contribution in [-0.2, 0) is 4.74 Å². The van der Waals surface area contributed by atoms with Crippen molar-refractivity contribution in [1.29, 1.82) is 0 Å². The number of aliphatic imine (C=N–C) groups is 1. The highest BCUT2D eigenvalue weighted by molar-refractivity contribution is 5.97. The number of rotatable bonds is 3. The number of para-hydroxylation sites is 1. The van der Waals surface area contributed by atoms with E-state index in [0.29, 0.717) is 18.0 Å². The Hall–Kier alpha value is -1.97. The summed E-state index contributed by atoms with van der Waals surface area (Å²) in [7, 11) is 1.67. The topological polar surface area (TPSA) is 34.5 Å². The van der Waals surface area contributed by atoms with E-state index in [-0.39, 0.29) is 5.82 Å². The maximum absolute atomic E-state index is 13.5. The largest absolute Gasteiger partial charge is 0.477 e. The highest BCUT2D eigenvalue weighted by Crippen LogP contribution is 2.17. The summed E-state index contributed by atoms with van der Waals surface area (Å²) in [5, 5.41) is 0.744. The Morgan fingerprint density at radius 1 is 1.44 bits per heavy atom. The number of aromatic nitrogens is 1. The molecule has 0 spiro atoms. The average molecular weight is 246 g/mol. The van der Waals surface area contributed by atoms with Crippen molar-refractivity contribution < 1.29 is 9.13 Å². The van der Waals surface area contributed by atoms with Crippen molar-refractivity contribution in [2.45, 2.75) is 13.3 Å². The van der Waals surface area contributed by atoms with Crippen molar-refractivity contribution in [3.8, 4) is 0 Å². The Bertz CT molecular complexity index is 581. The van der Waals surface area contributed by atoms with Crippen LogP contribution in [0.25, 0.3) is 10.9 Å². The van der Waals surface area contributed by atoms with Gasteiger partial charge in [-0.1, -0.05) is 19.1 Å². The van der Waals surface area contributed by atoms with Gasteiger partial charge in [-0.05, 0) is 18.6 Å². The van der Waals surface area contributed by atoms with Gasteiger partial charge in [-0.2, -0.15) is 0 Å². The smallest absolute Gasteiger partial charge is 0.217 e. The summed E-state index contributed by atoms with van der Waals surface area (Å²) in [4.78, 5) is 8.21. The normalized spacial score (nSPS) is 11.8. The molecule has 4 heteroatoms. The lowest BCUT2D eigenvalue weighted by Gasteiger charge is -2.08. The number of pyridine rings is 1. The maximum Gasteiger partial charge on any atom is 0.217 e. The molecule has 0 N–H and O–H groups in total. The number of hydrogen-bond donors (Lipinski definition) is 0. The maximum atomic E-state index is 13.5. The van der Waals surface area contributed by atoms with Crippen molar-refractivity contribution in [2.75, 3.05) is 13.7 Å². The molecule has 0 saturated heterocycles. The Morgan fingerprint density at radius 3 is 3.00 bits per heavy atom. The summed E-state index contributed by atoms with van der Waals surface area (Å²) in [5.41, 5.74) is 1.14. The summed E-state index contributed by atoms with van der Waals surface area (Å²) in [6.07, 6.45) is 2.50. The van der Waals surface area contributed by atoms with E-state index in [4.69, 9.17) is 4.74 Å². The minimum absolute atomic E-state index is 0.316. The molecule has 0 aliphatic carbocycles. The second-order valence-electron chi connectivity index (χ2n) is 3.91. The fraction of sp³-hybridized carbons (Fsp3) is 0.286. The van der Waals surface area contributed by atoms with E-state index in [1.54, 1.807) is 19.3 Å². The van der Waals surface area contributed by atoms with E-state index in [0.717, 1.165) is 17.4 Å². The van der Waals surface area contributed by atoms with Crippen LogP contribution in [0.4, 0.5) is 4.39 Å². The van der Waals surface area contributed by atoms with Crippen LogP contribution in [0, 0.1) is 5.82 Å². The molecule has 94 valence electrons. The lowest BCUT2D eigenvalue weighted by molar-refractivity contribution is 0.305. The van der Waals surface area contributed by atoms with Gasteiger partial charge in [-0.3, -0.25) is 9.98 Å². The third-order valence-electron chi connectivity index (χ3n) is 2.55. The molecule has 0 atom stereocenters. The zero-order valence-electron chi connectivity index (χ0n) is 10.5. The predicted molar refractivity (Wildman–Crippen MR) is 70.4 cm³/mol. The SMILES string of the molecule is CCCOC(=NC)c1cnc2c(F)cccc2c1. The van der Waals surface area contributed by atoms with E-state index in [9.17, 15) is 4.39 Å². The minimum atomic E-state index is -0.316. The molecule has 0 aliphatic rings. The third kappa shape index (κ3) is 2.47. The van der Waals surface area contributed by atoms with Crippen LogP contribution >= 0.6 is 0 Å². The predicted octanol–water partition coefficient (Wildman–Crippen LogP) is 3.18. The van der Waals surface area contributed by atoms with Gasteiger partial charge in [0.2, 0.25) is 5.90 Å². The first-order chi connectivity index (χ1) is 8.76. The van der Waals surface area contributed by atoms with Crippen molar-refractivity contribution in [3.05, 3.63) is 41.8 Å². The lowest BCUT2D eigenvalue weighted by Crippen LogP contribution is -2.08. The van der Waals surface area contributed by atoms with Gasteiger partial charge in [-0.15, -0.1) is 0 Å². The Balaban J connectivity index is 2.40. The molecule has 0 bridgehead atoms. The molecule has 0 aliphatic heterocycles. The van der Waals surface area contributed by atoms with Crippen LogP contribution in [0.5, 0.6) is 0 Å². The molecule has 0 saturated carbocycles. The van der Waals surface area contributed by atoms with Crippen LogP contribution in [0.3, 0.4) is 0 Å². The number of nitrogens with zero attached hydrogens (tertiary/aromatic N) is 2. The van der Waals surface area contributed by atoms with Gasteiger partial charge in [-0.25, -0.2) is 4.39 Å². The number of ether oxygens (including phenoxy) is 1. The highest BCUT2D eigenvalue weighted by Gasteiger charge is 2.07. The first-order valence-corrected chi connectivity index (χ1v) is 5.90. The third-order valence-corrected chi connectivity index (χ3v) is 2.55. The van der Waals surface area contributed by atoms with Crippen LogP contribution in [0.15, 0.2) is 35.5 Å². The number of benzene rings is 1. The second kappa shape index (κ2) is 5.58. The first kappa shape index (κ1) is 12.5. The summed E-state index contributed by atoms with van der Waals surface area (Å²) in [6.45, 7) is 2.63. The zero-order chi connectivity index (χ0) is 13.0. The van der Waals surface area contributed by atoms with Crippen molar-refractivity contribution in [1.82, 2.24) is 4.98 Å². The molecular weight excluding hydrogens is 231 g/mol. The van der Waals surface area contributed by atoms with E-state index >= 15 is 0 Å². The molecule has 0 radical (unpaired) electrons. The van der Waals surface area contributed by atoms with Gasteiger partial charge in [0.05, 0.1) is 12.2 Å². The first-order valence-electron chi connectivity index (χ1n) is 5.90. The Morgan fingerprint density at radius 2 is 2.28 bits per heavy atom. The van der Waals surface area contributed by atoms with Crippen molar-refractivity contribution >= 4 is 16.8 Å². The number of hydrogen-bond acceptors (Lipinski definition) is 3. The Labute approximate surface area is 105 Å². The molecule has 1 aromatic carbocycles. The summed E-state index contributed by atoms with van der Waals surface area (Å²) in [5.74, 6) is 0.221. The fourth-order valence-corrected chi connectivity index (χ4v) is 1.72. The molecule has 1 heterocycles. The molecule has 0 unspecified atom stereocenters. The summed E-state index contributed by atoms with van der Waals surface area (Å²) >= 11 is 0. The molecule has 2 aromatic rings. The number of halogens is 1. The lowest BCUT2D eigenvalue weighted by atomic mass is 10.1. The van der Waals surface area contributed by atoms with Crippen LogP contribution in [0.2, 0.25) is 0 Å². The number of fused-ring (bicyclic) bond motifs is 1. The average Bonchev–Trinajstić information content (AvgIpc) is 2.40. The van der Waals surface area contributed by atoms with E-state index in [1.165, 1.54) is 6.07 Å². The summed E-state index contributed by atoms with van der Waals surface area (Å²) in [6, 6.07) is 6.72.